The van der Waals surface area contributed by atoms with Crippen LogP contribution in [0, 0.1) is 6.92 Å². The lowest BCUT2D eigenvalue weighted by Crippen LogP contribution is -2.21. The molecule has 3 heteroatoms. The number of rotatable bonds is 4. The van der Waals surface area contributed by atoms with Crippen molar-refractivity contribution in [1.82, 2.24) is 0 Å². The maximum atomic E-state index is 11.9. The van der Waals surface area contributed by atoms with Gasteiger partial charge in [-0.2, -0.15) is 0 Å². The fourth-order valence-electron chi connectivity index (χ4n) is 2.11. The van der Waals surface area contributed by atoms with Gasteiger partial charge in [0.1, 0.15) is 0 Å². The molecule has 116 valence electrons. The third-order valence-electron chi connectivity index (χ3n) is 3.54. The molecular formula is C19H24N2O. The standard InChI is InChI=1S/C19H24N2O/c1-14-5-9-17(10-6-14)21-18(22)13-20-16-11-7-15(8-12-16)19(2,3)4/h5-12,20H,13H2,1-4H3,(H,21,22). The Morgan fingerprint density at radius 3 is 2.00 bits per heavy atom. The van der Waals surface area contributed by atoms with E-state index < -0.39 is 0 Å². The van der Waals surface area contributed by atoms with Crippen LogP contribution in [0.5, 0.6) is 0 Å². The Morgan fingerprint density at radius 1 is 0.909 bits per heavy atom. The van der Waals surface area contributed by atoms with E-state index in [4.69, 9.17) is 0 Å². The van der Waals surface area contributed by atoms with E-state index in [0.717, 1.165) is 11.4 Å². The van der Waals surface area contributed by atoms with E-state index >= 15 is 0 Å². The molecule has 0 bridgehead atoms. The smallest absolute Gasteiger partial charge is 0.243 e. The molecule has 0 saturated heterocycles. The zero-order valence-corrected chi connectivity index (χ0v) is 13.7. The fraction of sp³-hybridized carbons (Fsp3) is 0.316. The van der Waals surface area contributed by atoms with Crippen molar-refractivity contribution < 1.29 is 4.79 Å². The van der Waals surface area contributed by atoms with E-state index in [1.54, 1.807) is 0 Å². The summed E-state index contributed by atoms with van der Waals surface area (Å²) >= 11 is 0. The molecule has 2 rings (SSSR count). The van der Waals surface area contributed by atoms with Crippen molar-refractivity contribution in [2.75, 3.05) is 17.2 Å². The van der Waals surface area contributed by atoms with Crippen molar-refractivity contribution in [3.05, 3.63) is 59.7 Å². The summed E-state index contributed by atoms with van der Waals surface area (Å²) in [6.07, 6.45) is 0. The highest BCUT2D eigenvalue weighted by Crippen LogP contribution is 2.23. The molecule has 2 aromatic rings. The van der Waals surface area contributed by atoms with Crippen LogP contribution in [0.3, 0.4) is 0 Å². The van der Waals surface area contributed by atoms with Gasteiger partial charge in [0.25, 0.3) is 0 Å². The molecule has 0 saturated carbocycles. The first-order valence-corrected chi connectivity index (χ1v) is 7.55. The second kappa shape index (κ2) is 6.65. The number of aryl methyl sites for hydroxylation is 1. The first-order chi connectivity index (χ1) is 10.3. The normalized spacial score (nSPS) is 11.1. The fourth-order valence-corrected chi connectivity index (χ4v) is 2.11. The van der Waals surface area contributed by atoms with Gasteiger partial charge >= 0.3 is 0 Å². The molecule has 0 aliphatic rings. The summed E-state index contributed by atoms with van der Waals surface area (Å²) < 4.78 is 0. The van der Waals surface area contributed by atoms with Gasteiger partial charge in [-0.15, -0.1) is 0 Å². The number of amides is 1. The van der Waals surface area contributed by atoms with E-state index in [2.05, 4.69) is 43.5 Å². The van der Waals surface area contributed by atoms with Crippen LogP contribution in [0.1, 0.15) is 31.9 Å². The van der Waals surface area contributed by atoms with Gasteiger partial charge in [-0.25, -0.2) is 0 Å². The van der Waals surface area contributed by atoms with E-state index in [0.29, 0.717) is 0 Å². The SMILES string of the molecule is Cc1ccc(NC(=O)CNc2ccc(C(C)(C)C)cc2)cc1. The Morgan fingerprint density at radius 2 is 1.45 bits per heavy atom. The lowest BCUT2D eigenvalue weighted by Gasteiger charge is -2.19. The first-order valence-electron chi connectivity index (χ1n) is 7.55. The van der Waals surface area contributed by atoms with E-state index in [9.17, 15) is 4.79 Å². The van der Waals surface area contributed by atoms with Crippen LogP contribution in [0.25, 0.3) is 0 Å². The lowest BCUT2D eigenvalue weighted by molar-refractivity contribution is -0.114. The minimum Gasteiger partial charge on any atom is -0.376 e. The Labute approximate surface area is 132 Å². The largest absolute Gasteiger partial charge is 0.376 e. The molecule has 0 radical (unpaired) electrons. The van der Waals surface area contributed by atoms with Crippen LogP contribution >= 0.6 is 0 Å². The van der Waals surface area contributed by atoms with Gasteiger partial charge in [0.2, 0.25) is 5.91 Å². The zero-order chi connectivity index (χ0) is 16.2. The summed E-state index contributed by atoms with van der Waals surface area (Å²) in [6.45, 7) is 8.83. The van der Waals surface area contributed by atoms with Crippen LogP contribution in [0.2, 0.25) is 0 Å². The van der Waals surface area contributed by atoms with Crippen molar-refractivity contribution in [3.63, 3.8) is 0 Å². The predicted octanol–water partition coefficient (Wildman–Crippen LogP) is 4.34. The molecule has 2 aromatic carbocycles. The van der Waals surface area contributed by atoms with Gasteiger partial charge in [0.15, 0.2) is 0 Å². The minimum absolute atomic E-state index is 0.0521. The van der Waals surface area contributed by atoms with Gasteiger partial charge in [-0.05, 0) is 42.2 Å². The van der Waals surface area contributed by atoms with Crippen molar-refractivity contribution in [2.45, 2.75) is 33.1 Å². The molecule has 0 aliphatic heterocycles. The van der Waals surface area contributed by atoms with Crippen LogP contribution in [-0.4, -0.2) is 12.5 Å². The number of hydrogen-bond donors (Lipinski definition) is 2. The van der Waals surface area contributed by atoms with Gasteiger partial charge < -0.3 is 10.6 Å². The van der Waals surface area contributed by atoms with Crippen LogP contribution in [0.15, 0.2) is 48.5 Å². The van der Waals surface area contributed by atoms with E-state index in [1.807, 2.05) is 43.3 Å². The summed E-state index contributed by atoms with van der Waals surface area (Å²) in [5.74, 6) is -0.0521. The maximum Gasteiger partial charge on any atom is 0.243 e. The van der Waals surface area contributed by atoms with Crippen molar-refractivity contribution in [3.8, 4) is 0 Å². The summed E-state index contributed by atoms with van der Waals surface area (Å²) in [6, 6.07) is 16.0. The molecule has 0 heterocycles. The Kier molecular flexibility index (Phi) is 4.86. The van der Waals surface area contributed by atoms with Gasteiger partial charge in [0, 0.05) is 11.4 Å². The average molecular weight is 296 g/mol. The van der Waals surface area contributed by atoms with Gasteiger partial charge in [-0.3, -0.25) is 4.79 Å². The molecular weight excluding hydrogens is 272 g/mol. The number of hydrogen-bond acceptors (Lipinski definition) is 2. The van der Waals surface area contributed by atoms with Crippen LogP contribution in [0.4, 0.5) is 11.4 Å². The van der Waals surface area contributed by atoms with Crippen molar-refractivity contribution >= 4 is 17.3 Å². The monoisotopic (exact) mass is 296 g/mol. The molecule has 2 N–H and O–H groups in total. The maximum absolute atomic E-state index is 11.9. The summed E-state index contributed by atoms with van der Waals surface area (Å²) in [4.78, 5) is 11.9. The topological polar surface area (TPSA) is 41.1 Å². The Hall–Kier alpha value is -2.29. The number of carbonyl (C=O) groups is 1. The lowest BCUT2D eigenvalue weighted by atomic mass is 9.87. The van der Waals surface area contributed by atoms with E-state index in [-0.39, 0.29) is 17.9 Å². The molecule has 0 aliphatic carbocycles. The third-order valence-corrected chi connectivity index (χ3v) is 3.54. The molecule has 1 amide bonds. The first kappa shape index (κ1) is 16.1. The average Bonchev–Trinajstić information content (AvgIpc) is 2.47. The van der Waals surface area contributed by atoms with E-state index in [1.165, 1.54) is 11.1 Å². The quantitative estimate of drug-likeness (QED) is 0.881. The second-order valence-corrected chi connectivity index (χ2v) is 6.60. The number of benzene rings is 2. The second-order valence-electron chi connectivity index (χ2n) is 6.60. The number of carbonyl (C=O) groups excluding carboxylic acids is 1. The summed E-state index contributed by atoms with van der Waals surface area (Å²) in [5.41, 5.74) is 4.37. The molecule has 0 aromatic heterocycles. The minimum atomic E-state index is -0.0521. The highest BCUT2D eigenvalue weighted by Gasteiger charge is 2.12. The molecule has 0 spiro atoms. The van der Waals surface area contributed by atoms with Gasteiger partial charge in [-0.1, -0.05) is 50.6 Å². The molecule has 0 unspecified atom stereocenters. The van der Waals surface area contributed by atoms with Crippen LogP contribution in [-0.2, 0) is 10.2 Å². The van der Waals surface area contributed by atoms with Crippen molar-refractivity contribution in [1.29, 1.82) is 0 Å². The van der Waals surface area contributed by atoms with Gasteiger partial charge in [0.05, 0.1) is 6.54 Å². The third kappa shape index (κ3) is 4.62. The predicted molar refractivity (Wildman–Crippen MR) is 93.4 cm³/mol. The number of nitrogens with one attached hydrogen (secondary N) is 2. The Bertz CT molecular complexity index is 622. The zero-order valence-electron chi connectivity index (χ0n) is 13.7. The van der Waals surface area contributed by atoms with Crippen LogP contribution < -0.4 is 10.6 Å². The molecule has 0 fully saturated rings. The molecule has 3 nitrogen and oxygen atoms in total. The van der Waals surface area contributed by atoms with Crippen molar-refractivity contribution in [2.24, 2.45) is 0 Å². The highest BCUT2D eigenvalue weighted by molar-refractivity contribution is 5.93. The highest BCUT2D eigenvalue weighted by atomic mass is 16.1. The molecule has 22 heavy (non-hydrogen) atoms. The molecule has 0 atom stereocenters. The summed E-state index contributed by atoms with van der Waals surface area (Å²) in [5, 5.41) is 6.02. The summed E-state index contributed by atoms with van der Waals surface area (Å²) in [7, 11) is 0. The number of anilines is 2. The Balaban J connectivity index is 1.87.